The molecule has 102 valence electrons. The first-order valence-corrected chi connectivity index (χ1v) is 6.76. The van der Waals surface area contributed by atoms with Crippen molar-refractivity contribution in [3.8, 4) is 0 Å². The monoisotopic (exact) mass is 260 g/mol. The van der Waals surface area contributed by atoms with Gasteiger partial charge in [-0.05, 0) is 26.3 Å². The number of fused-ring (bicyclic) bond motifs is 1. The molecule has 2 rings (SSSR count). The number of nitrogens with zero attached hydrogens (tertiary/aromatic N) is 4. The Balaban J connectivity index is 2.54. The average molecular weight is 260 g/mol. The first-order valence-electron chi connectivity index (χ1n) is 6.76. The van der Waals surface area contributed by atoms with Gasteiger partial charge in [-0.1, -0.05) is 13.3 Å². The summed E-state index contributed by atoms with van der Waals surface area (Å²) in [5.74, 6) is 0.718. The summed E-state index contributed by atoms with van der Waals surface area (Å²) >= 11 is 0. The molecule has 2 aromatic heterocycles. The minimum absolute atomic E-state index is 0.632. The number of hydrogen-bond donors (Lipinski definition) is 0. The summed E-state index contributed by atoms with van der Waals surface area (Å²) in [6.07, 6.45) is 4.87. The summed E-state index contributed by atoms with van der Waals surface area (Å²) in [5, 5.41) is 3.06. The first-order chi connectivity index (χ1) is 9.21. The second-order valence-electron chi connectivity index (χ2n) is 4.59. The fourth-order valence-corrected chi connectivity index (χ4v) is 2.20. The molecule has 0 bridgehead atoms. The van der Waals surface area contributed by atoms with Gasteiger partial charge in [-0.2, -0.15) is 0 Å². The molecule has 0 aliphatic heterocycles. The van der Waals surface area contributed by atoms with Crippen LogP contribution >= 0.6 is 0 Å². The highest BCUT2D eigenvalue weighted by molar-refractivity contribution is 5.86. The van der Waals surface area contributed by atoms with E-state index in [1.54, 1.807) is 6.20 Å². The maximum Gasteiger partial charge on any atom is 0.168 e. The molecule has 0 aromatic carbocycles. The largest absolute Gasteiger partial charge is 0.311 e. The summed E-state index contributed by atoms with van der Waals surface area (Å²) in [5.41, 5.74) is 1.44. The number of rotatable bonds is 6. The number of unbranched alkanes of at least 4 members (excludes halogenated alkanes) is 1. The Morgan fingerprint density at radius 1 is 1.42 bits per heavy atom. The topological polar surface area (TPSA) is 51.0 Å². The van der Waals surface area contributed by atoms with E-state index in [2.05, 4.69) is 28.8 Å². The van der Waals surface area contributed by atoms with Crippen LogP contribution in [0.2, 0.25) is 0 Å². The molecule has 19 heavy (non-hydrogen) atoms. The molecular weight excluding hydrogens is 240 g/mol. The van der Waals surface area contributed by atoms with Crippen molar-refractivity contribution in [1.29, 1.82) is 0 Å². The van der Waals surface area contributed by atoms with Crippen molar-refractivity contribution in [1.82, 2.24) is 14.6 Å². The van der Waals surface area contributed by atoms with Crippen LogP contribution in [0.1, 0.15) is 43.0 Å². The van der Waals surface area contributed by atoms with Gasteiger partial charge in [-0.3, -0.25) is 4.79 Å². The zero-order valence-electron chi connectivity index (χ0n) is 11.8. The van der Waals surface area contributed by atoms with Crippen molar-refractivity contribution in [3.05, 3.63) is 23.8 Å². The molecule has 2 heterocycles. The fourth-order valence-electron chi connectivity index (χ4n) is 2.20. The van der Waals surface area contributed by atoms with Crippen molar-refractivity contribution in [3.63, 3.8) is 0 Å². The number of hydrogen-bond acceptors (Lipinski definition) is 4. The molecule has 0 fully saturated rings. The Bertz CT molecular complexity index is 576. The molecule has 0 saturated heterocycles. The first kappa shape index (κ1) is 13.5. The van der Waals surface area contributed by atoms with Crippen molar-refractivity contribution in [2.24, 2.45) is 0 Å². The molecule has 2 aromatic rings. The summed E-state index contributed by atoms with van der Waals surface area (Å²) in [4.78, 5) is 19.9. The fraction of sp³-hybridized carbons (Fsp3) is 0.500. The van der Waals surface area contributed by atoms with Gasteiger partial charge in [0.05, 0.1) is 0 Å². The van der Waals surface area contributed by atoms with E-state index in [4.69, 9.17) is 0 Å². The summed E-state index contributed by atoms with van der Waals surface area (Å²) in [6, 6.07) is 1.84. The number of aldehydes is 1. The standard InChI is InChI=1S/C14H20N4O/c1-4-6-7-17(5-2)18-13(10-19)8-12-9-15-11(3)16-14(12)18/h8-10H,4-7H2,1-3H3. The lowest BCUT2D eigenvalue weighted by Gasteiger charge is -2.25. The van der Waals surface area contributed by atoms with Gasteiger partial charge >= 0.3 is 0 Å². The van der Waals surface area contributed by atoms with Crippen molar-refractivity contribution in [2.45, 2.75) is 33.6 Å². The minimum atomic E-state index is 0.632. The molecule has 5 nitrogen and oxygen atoms in total. The van der Waals surface area contributed by atoms with Gasteiger partial charge in [0.1, 0.15) is 11.5 Å². The van der Waals surface area contributed by atoms with Crippen LogP contribution in [0.5, 0.6) is 0 Å². The molecule has 0 radical (unpaired) electrons. The Labute approximate surface area is 113 Å². The second kappa shape index (κ2) is 5.82. The summed E-state index contributed by atoms with van der Waals surface area (Å²) < 4.78 is 1.92. The van der Waals surface area contributed by atoms with Crippen LogP contribution in [0, 0.1) is 6.92 Å². The van der Waals surface area contributed by atoms with Crippen molar-refractivity contribution >= 4 is 17.3 Å². The zero-order chi connectivity index (χ0) is 13.8. The lowest BCUT2D eigenvalue weighted by molar-refractivity contribution is 0.111. The molecule has 0 N–H and O–H groups in total. The van der Waals surface area contributed by atoms with Gasteiger partial charge in [0.25, 0.3) is 0 Å². The van der Waals surface area contributed by atoms with E-state index in [1.807, 2.05) is 17.7 Å². The average Bonchev–Trinajstić information content (AvgIpc) is 2.78. The maximum absolute atomic E-state index is 11.3. The quantitative estimate of drug-likeness (QED) is 0.748. The van der Waals surface area contributed by atoms with Crippen molar-refractivity contribution < 1.29 is 4.79 Å². The van der Waals surface area contributed by atoms with Crippen LogP contribution < -0.4 is 5.01 Å². The maximum atomic E-state index is 11.3. The van der Waals surface area contributed by atoms with E-state index in [1.165, 1.54) is 0 Å². The van der Waals surface area contributed by atoms with Gasteiger partial charge in [0.15, 0.2) is 11.9 Å². The van der Waals surface area contributed by atoms with Crippen LogP contribution in [-0.4, -0.2) is 34.0 Å². The predicted octanol–water partition coefficient (Wildman–Crippen LogP) is 2.31. The molecule has 0 amide bonds. The van der Waals surface area contributed by atoms with E-state index < -0.39 is 0 Å². The summed E-state index contributed by atoms with van der Waals surface area (Å²) in [7, 11) is 0. The van der Waals surface area contributed by atoms with Gasteiger partial charge in [0, 0.05) is 24.7 Å². The lowest BCUT2D eigenvalue weighted by atomic mass is 10.3. The number of carbonyl (C=O) groups excluding carboxylic acids is 1. The molecule has 0 unspecified atom stereocenters. The van der Waals surface area contributed by atoms with E-state index in [0.29, 0.717) is 5.69 Å². The smallest absolute Gasteiger partial charge is 0.168 e. The third-order valence-corrected chi connectivity index (χ3v) is 3.20. The molecular formula is C14H20N4O. The minimum Gasteiger partial charge on any atom is -0.311 e. The molecule has 5 heteroatoms. The van der Waals surface area contributed by atoms with Crippen LogP contribution in [-0.2, 0) is 0 Å². The van der Waals surface area contributed by atoms with E-state index >= 15 is 0 Å². The third kappa shape index (κ3) is 2.59. The normalized spacial score (nSPS) is 10.9. The number of carbonyl (C=O) groups is 1. The Kier molecular flexibility index (Phi) is 4.14. The Morgan fingerprint density at radius 3 is 2.84 bits per heavy atom. The van der Waals surface area contributed by atoms with Gasteiger partial charge in [-0.15, -0.1) is 0 Å². The van der Waals surface area contributed by atoms with Crippen LogP contribution in [0.25, 0.3) is 11.0 Å². The van der Waals surface area contributed by atoms with E-state index in [-0.39, 0.29) is 0 Å². The molecule has 0 spiro atoms. The highest BCUT2D eigenvalue weighted by atomic mass is 16.1. The predicted molar refractivity (Wildman–Crippen MR) is 76.2 cm³/mol. The lowest BCUT2D eigenvalue weighted by Crippen LogP contribution is -2.36. The van der Waals surface area contributed by atoms with Crippen LogP contribution in [0.3, 0.4) is 0 Å². The molecule has 0 atom stereocenters. The number of aryl methyl sites for hydroxylation is 1. The molecule has 0 saturated carbocycles. The van der Waals surface area contributed by atoms with Gasteiger partial charge in [0.2, 0.25) is 0 Å². The van der Waals surface area contributed by atoms with Gasteiger partial charge < -0.3 is 5.01 Å². The van der Waals surface area contributed by atoms with Crippen LogP contribution in [0.4, 0.5) is 0 Å². The van der Waals surface area contributed by atoms with E-state index in [9.17, 15) is 4.79 Å². The highest BCUT2D eigenvalue weighted by Gasteiger charge is 2.14. The molecule has 0 aliphatic carbocycles. The second-order valence-corrected chi connectivity index (χ2v) is 4.59. The van der Waals surface area contributed by atoms with Crippen molar-refractivity contribution in [2.75, 3.05) is 18.1 Å². The highest BCUT2D eigenvalue weighted by Crippen LogP contribution is 2.17. The zero-order valence-corrected chi connectivity index (χ0v) is 11.8. The SMILES string of the molecule is CCCCN(CC)n1c(C=O)cc2cnc(C)nc21. The Hall–Kier alpha value is -1.91. The number of aromatic nitrogens is 3. The summed E-state index contributed by atoms with van der Waals surface area (Å²) in [6.45, 7) is 7.87. The van der Waals surface area contributed by atoms with E-state index in [0.717, 1.165) is 49.1 Å². The van der Waals surface area contributed by atoms with Crippen LogP contribution in [0.15, 0.2) is 12.3 Å². The van der Waals surface area contributed by atoms with Gasteiger partial charge in [-0.25, -0.2) is 14.6 Å². The molecule has 0 aliphatic rings. The Morgan fingerprint density at radius 2 is 2.21 bits per heavy atom. The third-order valence-electron chi connectivity index (χ3n) is 3.20.